The minimum atomic E-state index is 0.316. The molecule has 3 heteroatoms. The van der Waals surface area contributed by atoms with Crippen molar-refractivity contribution in [1.82, 2.24) is 9.80 Å². The number of rotatable bonds is 3. The monoisotopic (exact) mass is 196 g/mol. The highest BCUT2D eigenvalue weighted by Gasteiger charge is 2.27. The maximum atomic E-state index is 11.4. The molecule has 0 aromatic heterocycles. The zero-order valence-corrected chi connectivity index (χ0v) is 9.04. The molecule has 1 amide bonds. The Morgan fingerprint density at radius 2 is 1.86 bits per heavy atom. The molecule has 3 nitrogen and oxygen atoms in total. The van der Waals surface area contributed by atoms with E-state index in [1.807, 2.05) is 11.8 Å². The van der Waals surface area contributed by atoms with Gasteiger partial charge >= 0.3 is 0 Å². The first-order valence-corrected chi connectivity index (χ1v) is 5.79. The van der Waals surface area contributed by atoms with E-state index in [0.717, 1.165) is 32.1 Å². The van der Waals surface area contributed by atoms with Crippen molar-refractivity contribution in [2.75, 3.05) is 32.7 Å². The lowest BCUT2D eigenvalue weighted by molar-refractivity contribution is -0.132. The molecule has 14 heavy (non-hydrogen) atoms. The van der Waals surface area contributed by atoms with Gasteiger partial charge in [-0.25, -0.2) is 0 Å². The Bertz CT molecular complexity index is 205. The Kier molecular flexibility index (Phi) is 3.06. The minimum absolute atomic E-state index is 0.316. The molecule has 2 rings (SSSR count). The van der Waals surface area contributed by atoms with Gasteiger partial charge in [-0.2, -0.15) is 0 Å². The molecule has 80 valence electrons. The third-order valence-corrected chi connectivity index (χ3v) is 3.24. The SMILES string of the molecule is CCC(=O)N1CCN(CC2CC2)CC1. The first-order chi connectivity index (χ1) is 6.79. The number of amides is 1. The highest BCUT2D eigenvalue weighted by Crippen LogP contribution is 2.29. The van der Waals surface area contributed by atoms with Crippen molar-refractivity contribution in [3.63, 3.8) is 0 Å². The van der Waals surface area contributed by atoms with Gasteiger partial charge in [0.25, 0.3) is 0 Å². The quantitative estimate of drug-likeness (QED) is 0.671. The summed E-state index contributed by atoms with van der Waals surface area (Å²) in [5, 5.41) is 0. The van der Waals surface area contributed by atoms with Crippen molar-refractivity contribution in [3.8, 4) is 0 Å². The Balaban J connectivity index is 1.71. The van der Waals surface area contributed by atoms with Crippen LogP contribution in [0.15, 0.2) is 0 Å². The molecule has 0 aromatic carbocycles. The van der Waals surface area contributed by atoms with Gasteiger partial charge in [-0.15, -0.1) is 0 Å². The van der Waals surface area contributed by atoms with Gasteiger partial charge in [0.05, 0.1) is 0 Å². The van der Waals surface area contributed by atoms with Gasteiger partial charge in [-0.05, 0) is 18.8 Å². The molecule has 0 N–H and O–H groups in total. The highest BCUT2D eigenvalue weighted by atomic mass is 16.2. The van der Waals surface area contributed by atoms with Gasteiger partial charge in [0.2, 0.25) is 5.91 Å². The maximum absolute atomic E-state index is 11.4. The summed E-state index contributed by atoms with van der Waals surface area (Å²) < 4.78 is 0. The highest BCUT2D eigenvalue weighted by molar-refractivity contribution is 5.75. The first-order valence-electron chi connectivity index (χ1n) is 5.79. The van der Waals surface area contributed by atoms with Crippen molar-refractivity contribution in [2.24, 2.45) is 5.92 Å². The van der Waals surface area contributed by atoms with Crippen LogP contribution in [0.3, 0.4) is 0 Å². The van der Waals surface area contributed by atoms with Crippen LogP contribution >= 0.6 is 0 Å². The van der Waals surface area contributed by atoms with Crippen LogP contribution in [0.1, 0.15) is 26.2 Å². The van der Waals surface area contributed by atoms with E-state index < -0.39 is 0 Å². The molecule has 2 fully saturated rings. The Morgan fingerprint density at radius 3 is 2.36 bits per heavy atom. The molecular formula is C11H20N2O. The van der Waals surface area contributed by atoms with Crippen LogP contribution in [0.4, 0.5) is 0 Å². The van der Waals surface area contributed by atoms with Gasteiger partial charge in [-0.1, -0.05) is 6.92 Å². The average Bonchev–Trinajstić information content (AvgIpc) is 3.02. The molecular weight excluding hydrogens is 176 g/mol. The molecule has 0 radical (unpaired) electrons. The van der Waals surface area contributed by atoms with E-state index in [4.69, 9.17) is 0 Å². The third-order valence-electron chi connectivity index (χ3n) is 3.24. The van der Waals surface area contributed by atoms with Crippen molar-refractivity contribution in [3.05, 3.63) is 0 Å². The summed E-state index contributed by atoms with van der Waals surface area (Å²) in [5.41, 5.74) is 0. The Labute approximate surface area is 86.1 Å². The fraction of sp³-hybridized carbons (Fsp3) is 0.909. The standard InChI is InChI=1S/C11H20N2O/c1-2-11(14)13-7-5-12(6-8-13)9-10-3-4-10/h10H,2-9H2,1H3. The van der Waals surface area contributed by atoms with Gasteiger partial charge in [0, 0.05) is 39.1 Å². The van der Waals surface area contributed by atoms with Gasteiger partial charge in [0.15, 0.2) is 0 Å². The molecule has 0 atom stereocenters. The van der Waals surface area contributed by atoms with E-state index in [9.17, 15) is 4.79 Å². The topological polar surface area (TPSA) is 23.6 Å². The van der Waals surface area contributed by atoms with Crippen LogP contribution in [0, 0.1) is 5.92 Å². The normalized spacial score (nSPS) is 23.9. The lowest BCUT2D eigenvalue weighted by Crippen LogP contribution is -2.48. The lowest BCUT2D eigenvalue weighted by atomic mass is 10.2. The molecule has 0 aromatic rings. The van der Waals surface area contributed by atoms with Crippen LogP contribution < -0.4 is 0 Å². The van der Waals surface area contributed by atoms with Crippen LogP contribution in [0.5, 0.6) is 0 Å². The van der Waals surface area contributed by atoms with E-state index in [2.05, 4.69) is 4.90 Å². The molecule has 1 saturated carbocycles. The predicted octanol–water partition coefficient (Wildman–Crippen LogP) is 0.951. The predicted molar refractivity (Wildman–Crippen MR) is 56.0 cm³/mol. The fourth-order valence-corrected chi connectivity index (χ4v) is 2.07. The van der Waals surface area contributed by atoms with Crippen LogP contribution in [0.2, 0.25) is 0 Å². The minimum Gasteiger partial charge on any atom is -0.340 e. The number of carbonyl (C=O) groups is 1. The third kappa shape index (κ3) is 2.47. The van der Waals surface area contributed by atoms with Crippen molar-refractivity contribution in [2.45, 2.75) is 26.2 Å². The van der Waals surface area contributed by atoms with Crippen molar-refractivity contribution >= 4 is 5.91 Å². The molecule has 0 spiro atoms. The summed E-state index contributed by atoms with van der Waals surface area (Å²) in [4.78, 5) is 15.9. The van der Waals surface area contributed by atoms with E-state index in [1.54, 1.807) is 0 Å². The zero-order valence-electron chi connectivity index (χ0n) is 9.04. The van der Waals surface area contributed by atoms with Gasteiger partial charge in [0.1, 0.15) is 0 Å². The molecule has 0 bridgehead atoms. The summed E-state index contributed by atoms with van der Waals surface area (Å²) in [7, 11) is 0. The summed E-state index contributed by atoms with van der Waals surface area (Å²) in [6.07, 6.45) is 3.50. The molecule has 1 saturated heterocycles. The molecule has 0 unspecified atom stereocenters. The van der Waals surface area contributed by atoms with Gasteiger partial charge < -0.3 is 4.90 Å². The second-order valence-electron chi connectivity index (χ2n) is 4.48. The van der Waals surface area contributed by atoms with E-state index in [-0.39, 0.29) is 0 Å². The zero-order chi connectivity index (χ0) is 9.97. The fourth-order valence-electron chi connectivity index (χ4n) is 2.07. The summed E-state index contributed by atoms with van der Waals surface area (Å²) >= 11 is 0. The van der Waals surface area contributed by atoms with E-state index in [0.29, 0.717) is 12.3 Å². The van der Waals surface area contributed by atoms with E-state index >= 15 is 0 Å². The molecule has 1 aliphatic carbocycles. The number of piperazine rings is 1. The van der Waals surface area contributed by atoms with Crippen molar-refractivity contribution < 1.29 is 4.79 Å². The smallest absolute Gasteiger partial charge is 0.222 e. The summed E-state index contributed by atoms with van der Waals surface area (Å²) in [5.74, 6) is 1.29. The van der Waals surface area contributed by atoms with Crippen molar-refractivity contribution in [1.29, 1.82) is 0 Å². The van der Waals surface area contributed by atoms with Gasteiger partial charge in [-0.3, -0.25) is 9.69 Å². The second kappa shape index (κ2) is 4.30. The maximum Gasteiger partial charge on any atom is 0.222 e. The van der Waals surface area contributed by atoms with E-state index in [1.165, 1.54) is 19.4 Å². The van der Waals surface area contributed by atoms with Crippen LogP contribution in [0.25, 0.3) is 0 Å². The molecule has 2 aliphatic rings. The lowest BCUT2D eigenvalue weighted by Gasteiger charge is -2.34. The molecule has 1 heterocycles. The number of hydrogen-bond donors (Lipinski definition) is 0. The van der Waals surface area contributed by atoms with Crippen LogP contribution in [-0.4, -0.2) is 48.4 Å². The Hall–Kier alpha value is -0.570. The summed E-state index contributed by atoms with van der Waals surface area (Å²) in [6.45, 7) is 7.27. The largest absolute Gasteiger partial charge is 0.340 e. The number of nitrogens with zero attached hydrogens (tertiary/aromatic N) is 2. The Morgan fingerprint density at radius 1 is 1.21 bits per heavy atom. The number of hydrogen-bond acceptors (Lipinski definition) is 2. The first kappa shape index (κ1) is 9.97. The number of carbonyl (C=O) groups excluding carboxylic acids is 1. The second-order valence-corrected chi connectivity index (χ2v) is 4.48. The molecule has 1 aliphatic heterocycles. The average molecular weight is 196 g/mol. The van der Waals surface area contributed by atoms with Crippen LogP contribution in [-0.2, 0) is 4.79 Å². The summed E-state index contributed by atoms with van der Waals surface area (Å²) in [6, 6.07) is 0.